The van der Waals surface area contributed by atoms with Gasteiger partial charge in [0.15, 0.2) is 5.76 Å². The first-order valence-electron chi connectivity index (χ1n) is 8.98. The van der Waals surface area contributed by atoms with E-state index in [1.807, 2.05) is 36.4 Å². The van der Waals surface area contributed by atoms with Gasteiger partial charge in [-0.1, -0.05) is 0 Å². The molecule has 0 saturated heterocycles. The molecule has 29 heavy (non-hydrogen) atoms. The zero-order valence-electron chi connectivity index (χ0n) is 16.3. The van der Waals surface area contributed by atoms with Gasteiger partial charge in [0, 0.05) is 35.0 Å². The van der Waals surface area contributed by atoms with E-state index in [-0.39, 0.29) is 18.2 Å². The summed E-state index contributed by atoms with van der Waals surface area (Å²) in [6, 6.07) is 14.7. The van der Waals surface area contributed by atoms with E-state index in [1.54, 1.807) is 33.5 Å². The van der Waals surface area contributed by atoms with Crippen LogP contribution in [0.3, 0.4) is 0 Å². The minimum atomic E-state index is -0.331. The molecule has 0 aliphatic carbocycles. The molecular weight excluding hydrogens is 372 g/mol. The Balaban J connectivity index is 1.56. The monoisotopic (exact) mass is 392 g/mol. The first-order chi connectivity index (χ1) is 14.1. The maximum absolute atomic E-state index is 12.6. The number of methoxy groups -OCH3 is 3. The van der Waals surface area contributed by atoms with Gasteiger partial charge in [-0.05, 0) is 36.4 Å². The summed E-state index contributed by atoms with van der Waals surface area (Å²) in [5.41, 5.74) is 1.97. The fourth-order valence-electron chi connectivity index (χ4n) is 3.10. The Bertz CT molecular complexity index is 1200. The molecule has 0 aliphatic rings. The van der Waals surface area contributed by atoms with Crippen molar-refractivity contribution in [2.45, 2.75) is 6.54 Å². The third kappa shape index (κ3) is 3.67. The van der Waals surface area contributed by atoms with Crippen LogP contribution in [0.15, 0.2) is 52.9 Å². The molecule has 1 amide bonds. The largest absolute Gasteiger partial charge is 0.497 e. The molecule has 7 nitrogen and oxygen atoms in total. The van der Waals surface area contributed by atoms with E-state index in [0.29, 0.717) is 23.0 Å². The summed E-state index contributed by atoms with van der Waals surface area (Å²) >= 11 is 0. The highest BCUT2D eigenvalue weighted by Crippen LogP contribution is 2.27. The normalized spacial score (nSPS) is 10.9. The average Bonchev–Trinajstić information content (AvgIpc) is 3.18. The van der Waals surface area contributed by atoms with Crippen molar-refractivity contribution in [2.75, 3.05) is 21.3 Å². The summed E-state index contributed by atoms with van der Waals surface area (Å²) in [5.74, 6) is 1.90. The number of hydrogen-bond donors (Lipinski definition) is 1. The second-order valence-electron chi connectivity index (χ2n) is 6.41. The predicted octanol–water partition coefficient (Wildman–Crippen LogP) is 3.94. The fourth-order valence-corrected chi connectivity index (χ4v) is 3.10. The number of carbonyl (C=O) groups is 1. The van der Waals surface area contributed by atoms with Crippen molar-refractivity contribution in [3.8, 4) is 17.2 Å². The minimum absolute atomic E-state index is 0.197. The molecular formula is C22H20N2O5. The summed E-state index contributed by atoms with van der Waals surface area (Å²) in [6.07, 6.45) is 0. The fraction of sp³-hybridized carbons (Fsp3) is 0.182. The van der Waals surface area contributed by atoms with Crippen molar-refractivity contribution in [3.05, 3.63) is 59.9 Å². The number of rotatable bonds is 6. The molecule has 2 heterocycles. The SMILES string of the molecule is COc1ccc(CNC(=O)c2cc3cc4ccc(OC)cc4nc3o2)c(OC)c1. The molecule has 0 fully saturated rings. The molecule has 0 bridgehead atoms. The van der Waals surface area contributed by atoms with Crippen LogP contribution in [0.25, 0.3) is 22.0 Å². The number of fused-ring (bicyclic) bond motifs is 2. The van der Waals surface area contributed by atoms with E-state index in [0.717, 1.165) is 21.9 Å². The minimum Gasteiger partial charge on any atom is -0.497 e. The van der Waals surface area contributed by atoms with E-state index in [1.165, 1.54) is 0 Å². The molecule has 2 aromatic heterocycles. The molecule has 0 spiro atoms. The van der Waals surface area contributed by atoms with Crippen LogP contribution in [0.1, 0.15) is 16.1 Å². The van der Waals surface area contributed by atoms with Crippen molar-refractivity contribution in [1.29, 1.82) is 0 Å². The zero-order chi connectivity index (χ0) is 20.4. The maximum atomic E-state index is 12.6. The lowest BCUT2D eigenvalue weighted by molar-refractivity contribution is 0.0925. The van der Waals surface area contributed by atoms with Crippen molar-refractivity contribution in [2.24, 2.45) is 0 Å². The van der Waals surface area contributed by atoms with Crippen LogP contribution >= 0.6 is 0 Å². The van der Waals surface area contributed by atoms with Crippen LogP contribution in [-0.2, 0) is 6.54 Å². The lowest BCUT2D eigenvalue weighted by Crippen LogP contribution is -2.22. The number of furan rings is 1. The van der Waals surface area contributed by atoms with E-state index in [4.69, 9.17) is 18.6 Å². The standard InChI is InChI=1S/C22H20N2O5/c1-26-16-6-4-13-8-15-9-20(29-22(15)24-18(13)10-16)21(25)23-12-14-5-7-17(27-2)11-19(14)28-3/h4-11H,12H2,1-3H3,(H,23,25). The third-order valence-electron chi connectivity index (χ3n) is 4.67. The molecule has 0 atom stereocenters. The lowest BCUT2D eigenvalue weighted by atomic mass is 10.1. The number of ether oxygens (including phenoxy) is 3. The summed E-state index contributed by atoms with van der Waals surface area (Å²) in [4.78, 5) is 17.1. The Labute approximate surface area is 167 Å². The molecule has 0 aliphatic heterocycles. The van der Waals surface area contributed by atoms with Gasteiger partial charge in [-0.3, -0.25) is 4.79 Å². The van der Waals surface area contributed by atoms with Crippen LogP contribution < -0.4 is 19.5 Å². The van der Waals surface area contributed by atoms with Crippen molar-refractivity contribution < 1.29 is 23.4 Å². The number of nitrogens with one attached hydrogen (secondary N) is 1. The average molecular weight is 392 g/mol. The van der Waals surface area contributed by atoms with Gasteiger partial charge in [-0.25, -0.2) is 4.98 Å². The van der Waals surface area contributed by atoms with Crippen LogP contribution in [0.2, 0.25) is 0 Å². The van der Waals surface area contributed by atoms with Crippen molar-refractivity contribution >= 4 is 27.9 Å². The molecule has 0 radical (unpaired) electrons. The number of benzene rings is 2. The first kappa shape index (κ1) is 18.6. The van der Waals surface area contributed by atoms with Crippen LogP contribution in [-0.4, -0.2) is 32.2 Å². The second kappa shape index (κ2) is 7.71. The van der Waals surface area contributed by atoms with E-state index < -0.39 is 0 Å². The van der Waals surface area contributed by atoms with Crippen molar-refractivity contribution in [3.63, 3.8) is 0 Å². The molecule has 2 aromatic carbocycles. The van der Waals surface area contributed by atoms with Gasteiger partial charge in [0.05, 0.1) is 26.8 Å². The maximum Gasteiger partial charge on any atom is 0.287 e. The lowest BCUT2D eigenvalue weighted by Gasteiger charge is -2.10. The predicted molar refractivity (Wildman–Crippen MR) is 109 cm³/mol. The van der Waals surface area contributed by atoms with Crippen LogP contribution in [0, 0.1) is 0 Å². The number of carbonyl (C=O) groups excluding carboxylic acids is 1. The molecule has 4 rings (SSSR count). The van der Waals surface area contributed by atoms with Gasteiger partial charge in [0.1, 0.15) is 17.2 Å². The van der Waals surface area contributed by atoms with Gasteiger partial charge in [0.2, 0.25) is 5.71 Å². The van der Waals surface area contributed by atoms with Crippen LogP contribution in [0.5, 0.6) is 17.2 Å². The second-order valence-corrected chi connectivity index (χ2v) is 6.41. The number of nitrogens with zero attached hydrogens (tertiary/aromatic N) is 1. The summed E-state index contributed by atoms with van der Waals surface area (Å²) in [6.45, 7) is 0.287. The van der Waals surface area contributed by atoms with Crippen LogP contribution in [0.4, 0.5) is 0 Å². The molecule has 0 saturated carbocycles. The summed E-state index contributed by atoms with van der Waals surface area (Å²) in [5, 5.41) is 4.54. The highest BCUT2D eigenvalue weighted by Gasteiger charge is 2.15. The quantitative estimate of drug-likeness (QED) is 0.535. The van der Waals surface area contributed by atoms with E-state index in [2.05, 4.69) is 10.3 Å². The van der Waals surface area contributed by atoms with Gasteiger partial charge < -0.3 is 23.9 Å². The smallest absolute Gasteiger partial charge is 0.287 e. The molecule has 0 unspecified atom stereocenters. The Morgan fingerprint density at radius 2 is 1.69 bits per heavy atom. The summed E-state index contributed by atoms with van der Waals surface area (Å²) in [7, 11) is 4.77. The van der Waals surface area contributed by atoms with E-state index >= 15 is 0 Å². The van der Waals surface area contributed by atoms with E-state index in [9.17, 15) is 4.79 Å². The third-order valence-corrected chi connectivity index (χ3v) is 4.67. The Morgan fingerprint density at radius 1 is 0.931 bits per heavy atom. The number of aromatic nitrogens is 1. The molecule has 7 heteroatoms. The van der Waals surface area contributed by atoms with Gasteiger partial charge >= 0.3 is 0 Å². The van der Waals surface area contributed by atoms with Gasteiger partial charge in [-0.2, -0.15) is 0 Å². The molecule has 1 N–H and O–H groups in total. The first-order valence-corrected chi connectivity index (χ1v) is 8.98. The highest BCUT2D eigenvalue weighted by atomic mass is 16.5. The number of hydrogen-bond acceptors (Lipinski definition) is 6. The Morgan fingerprint density at radius 3 is 2.45 bits per heavy atom. The zero-order valence-corrected chi connectivity index (χ0v) is 16.3. The highest BCUT2D eigenvalue weighted by molar-refractivity contribution is 5.98. The van der Waals surface area contributed by atoms with Gasteiger partial charge in [-0.15, -0.1) is 0 Å². The Kier molecular flexibility index (Phi) is 4.95. The number of pyridine rings is 1. The van der Waals surface area contributed by atoms with Gasteiger partial charge in [0.25, 0.3) is 5.91 Å². The number of amides is 1. The topological polar surface area (TPSA) is 82.8 Å². The molecule has 4 aromatic rings. The molecule has 148 valence electrons. The Hall–Kier alpha value is -3.74. The summed E-state index contributed by atoms with van der Waals surface area (Å²) < 4.78 is 21.5. The van der Waals surface area contributed by atoms with Crippen molar-refractivity contribution in [1.82, 2.24) is 10.3 Å².